The fourth-order valence-electron chi connectivity index (χ4n) is 4.41. The SMILES string of the molecule is CCOc1ccc(CN2CCNC(=O)[C@H]2CC(=O)N2CCN(c3ccccc3)CC2)cc1. The lowest BCUT2D eigenvalue weighted by Gasteiger charge is -2.39. The summed E-state index contributed by atoms with van der Waals surface area (Å²) in [6.45, 7) is 7.56. The van der Waals surface area contributed by atoms with E-state index in [0.717, 1.165) is 30.9 Å². The molecule has 7 nitrogen and oxygen atoms in total. The average Bonchev–Trinajstić information content (AvgIpc) is 2.83. The molecule has 1 atom stereocenters. The Balaban J connectivity index is 1.34. The number of ether oxygens (including phenoxy) is 1. The van der Waals surface area contributed by atoms with E-state index in [4.69, 9.17) is 4.74 Å². The molecular weight excluding hydrogens is 404 g/mol. The van der Waals surface area contributed by atoms with Gasteiger partial charge in [0.2, 0.25) is 11.8 Å². The Morgan fingerprint density at radius 2 is 1.72 bits per heavy atom. The van der Waals surface area contributed by atoms with E-state index in [1.165, 1.54) is 5.69 Å². The maximum Gasteiger partial charge on any atom is 0.237 e. The Hall–Kier alpha value is -3.06. The van der Waals surface area contributed by atoms with Gasteiger partial charge in [-0.2, -0.15) is 0 Å². The number of rotatable bonds is 7. The van der Waals surface area contributed by atoms with Crippen LogP contribution in [0.3, 0.4) is 0 Å². The molecule has 2 saturated heterocycles. The molecule has 2 aliphatic rings. The van der Waals surface area contributed by atoms with Crippen LogP contribution in [0, 0.1) is 0 Å². The summed E-state index contributed by atoms with van der Waals surface area (Å²) in [7, 11) is 0. The highest BCUT2D eigenvalue weighted by molar-refractivity contribution is 5.89. The van der Waals surface area contributed by atoms with E-state index in [1.54, 1.807) is 0 Å². The Morgan fingerprint density at radius 3 is 2.41 bits per heavy atom. The van der Waals surface area contributed by atoms with Crippen LogP contribution >= 0.6 is 0 Å². The second kappa shape index (κ2) is 10.5. The highest BCUT2D eigenvalue weighted by Gasteiger charge is 2.33. The minimum Gasteiger partial charge on any atom is -0.494 e. The summed E-state index contributed by atoms with van der Waals surface area (Å²) in [5, 5.41) is 2.93. The average molecular weight is 437 g/mol. The van der Waals surface area contributed by atoms with Crippen LogP contribution in [0.2, 0.25) is 0 Å². The van der Waals surface area contributed by atoms with Crippen LogP contribution < -0.4 is 15.0 Å². The van der Waals surface area contributed by atoms with E-state index in [0.29, 0.717) is 32.8 Å². The fourth-order valence-corrected chi connectivity index (χ4v) is 4.41. The second-order valence-corrected chi connectivity index (χ2v) is 8.26. The third kappa shape index (κ3) is 5.40. The molecule has 2 aromatic rings. The molecule has 0 spiro atoms. The first-order valence-corrected chi connectivity index (χ1v) is 11.5. The van der Waals surface area contributed by atoms with Gasteiger partial charge in [0.05, 0.1) is 19.1 Å². The standard InChI is InChI=1S/C25H32N4O3/c1-2-32-22-10-8-20(9-11-22)19-29-13-12-26-25(31)23(29)18-24(30)28-16-14-27(15-17-28)21-6-4-3-5-7-21/h3-11,23H,2,12-19H2,1H3,(H,26,31)/t23-/m1/s1. The molecule has 4 rings (SSSR count). The molecule has 0 unspecified atom stereocenters. The van der Waals surface area contributed by atoms with Crippen LogP contribution in [0.5, 0.6) is 5.75 Å². The molecule has 7 heteroatoms. The van der Waals surface area contributed by atoms with Gasteiger partial charge in [0.15, 0.2) is 0 Å². The van der Waals surface area contributed by atoms with E-state index >= 15 is 0 Å². The number of carbonyl (C=O) groups is 2. The predicted molar refractivity (Wildman–Crippen MR) is 125 cm³/mol. The maximum absolute atomic E-state index is 13.1. The molecular formula is C25H32N4O3. The summed E-state index contributed by atoms with van der Waals surface area (Å²) in [5.41, 5.74) is 2.30. The number of hydrogen-bond acceptors (Lipinski definition) is 5. The van der Waals surface area contributed by atoms with Gasteiger partial charge in [0, 0.05) is 51.5 Å². The number of para-hydroxylation sites is 1. The van der Waals surface area contributed by atoms with Gasteiger partial charge in [0.1, 0.15) is 5.75 Å². The predicted octanol–water partition coefficient (Wildman–Crippen LogP) is 2.12. The molecule has 170 valence electrons. The van der Waals surface area contributed by atoms with Gasteiger partial charge in [-0.3, -0.25) is 14.5 Å². The molecule has 32 heavy (non-hydrogen) atoms. The summed E-state index contributed by atoms with van der Waals surface area (Å²) in [6, 6.07) is 17.8. The highest BCUT2D eigenvalue weighted by Crippen LogP contribution is 2.20. The number of benzene rings is 2. The lowest BCUT2D eigenvalue weighted by atomic mass is 10.1. The molecule has 0 aliphatic carbocycles. The third-order valence-corrected chi connectivity index (χ3v) is 6.18. The molecule has 2 amide bonds. The summed E-state index contributed by atoms with van der Waals surface area (Å²) in [4.78, 5) is 32.0. The molecule has 2 aromatic carbocycles. The lowest BCUT2D eigenvalue weighted by Crippen LogP contribution is -2.57. The minimum atomic E-state index is -0.435. The summed E-state index contributed by atoms with van der Waals surface area (Å²) in [5.74, 6) is 0.837. The molecule has 2 fully saturated rings. The van der Waals surface area contributed by atoms with Gasteiger partial charge in [-0.15, -0.1) is 0 Å². The van der Waals surface area contributed by atoms with Crippen LogP contribution in [0.15, 0.2) is 54.6 Å². The van der Waals surface area contributed by atoms with Crippen molar-refractivity contribution in [3.8, 4) is 5.75 Å². The van der Waals surface area contributed by atoms with Crippen molar-refractivity contribution in [2.75, 3.05) is 50.8 Å². The topological polar surface area (TPSA) is 65.1 Å². The van der Waals surface area contributed by atoms with Crippen LogP contribution in [-0.4, -0.2) is 73.5 Å². The van der Waals surface area contributed by atoms with Gasteiger partial charge >= 0.3 is 0 Å². The Morgan fingerprint density at radius 1 is 1.00 bits per heavy atom. The number of piperazine rings is 2. The first-order chi connectivity index (χ1) is 15.6. The van der Waals surface area contributed by atoms with Crippen molar-refractivity contribution in [2.24, 2.45) is 0 Å². The van der Waals surface area contributed by atoms with E-state index in [1.807, 2.05) is 54.3 Å². The zero-order chi connectivity index (χ0) is 22.3. The third-order valence-electron chi connectivity index (χ3n) is 6.18. The van der Waals surface area contributed by atoms with Crippen molar-refractivity contribution < 1.29 is 14.3 Å². The highest BCUT2D eigenvalue weighted by atomic mass is 16.5. The van der Waals surface area contributed by atoms with Crippen LogP contribution in [-0.2, 0) is 16.1 Å². The lowest BCUT2D eigenvalue weighted by molar-refractivity contribution is -0.139. The smallest absolute Gasteiger partial charge is 0.237 e. The zero-order valence-corrected chi connectivity index (χ0v) is 18.7. The normalized spacial score (nSPS) is 19.5. The number of carbonyl (C=O) groups excluding carboxylic acids is 2. The van der Waals surface area contributed by atoms with E-state index < -0.39 is 6.04 Å². The van der Waals surface area contributed by atoms with Crippen molar-refractivity contribution in [3.63, 3.8) is 0 Å². The monoisotopic (exact) mass is 436 g/mol. The molecule has 0 radical (unpaired) electrons. The van der Waals surface area contributed by atoms with Crippen molar-refractivity contribution in [1.29, 1.82) is 0 Å². The largest absolute Gasteiger partial charge is 0.494 e. The first-order valence-electron chi connectivity index (χ1n) is 11.5. The second-order valence-electron chi connectivity index (χ2n) is 8.26. The van der Waals surface area contributed by atoms with Crippen LogP contribution in [0.1, 0.15) is 18.9 Å². The van der Waals surface area contributed by atoms with Crippen LogP contribution in [0.4, 0.5) is 5.69 Å². The van der Waals surface area contributed by atoms with Gasteiger partial charge < -0.3 is 19.9 Å². The molecule has 0 saturated carbocycles. The van der Waals surface area contributed by atoms with Crippen molar-refractivity contribution in [1.82, 2.24) is 15.1 Å². The number of anilines is 1. The van der Waals surface area contributed by atoms with Gasteiger partial charge in [-0.1, -0.05) is 30.3 Å². The Labute approximate surface area is 189 Å². The summed E-state index contributed by atoms with van der Waals surface area (Å²) < 4.78 is 5.51. The van der Waals surface area contributed by atoms with E-state index in [2.05, 4.69) is 27.2 Å². The van der Waals surface area contributed by atoms with E-state index in [-0.39, 0.29) is 18.2 Å². The number of hydrogen-bond donors (Lipinski definition) is 1. The van der Waals surface area contributed by atoms with E-state index in [9.17, 15) is 9.59 Å². The molecule has 0 aromatic heterocycles. The molecule has 1 N–H and O–H groups in total. The minimum absolute atomic E-state index is 0.0523. The maximum atomic E-state index is 13.1. The quantitative estimate of drug-likeness (QED) is 0.720. The summed E-state index contributed by atoms with van der Waals surface area (Å²) >= 11 is 0. The zero-order valence-electron chi connectivity index (χ0n) is 18.7. The van der Waals surface area contributed by atoms with Crippen molar-refractivity contribution in [3.05, 3.63) is 60.2 Å². The Bertz CT molecular complexity index is 895. The summed E-state index contributed by atoms with van der Waals surface area (Å²) in [6.07, 6.45) is 0.216. The first kappa shape index (κ1) is 22.1. The van der Waals surface area contributed by atoms with Crippen LogP contribution in [0.25, 0.3) is 0 Å². The van der Waals surface area contributed by atoms with Gasteiger partial charge in [0.25, 0.3) is 0 Å². The van der Waals surface area contributed by atoms with Crippen molar-refractivity contribution >= 4 is 17.5 Å². The number of amides is 2. The van der Waals surface area contributed by atoms with Crippen molar-refractivity contribution in [2.45, 2.75) is 25.9 Å². The Kier molecular flexibility index (Phi) is 7.27. The molecule has 2 heterocycles. The number of nitrogens with one attached hydrogen (secondary N) is 1. The molecule has 2 aliphatic heterocycles. The molecule has 0 bridgehead atoms. The van der Waals surface area contributed by atoms with Gasteiger partial charge in [-0.25, -0.2) is 0 Å². The number of nitrogens with zero attached hydrogens (tertiary/aromatic N) is 3. The van der Waals surface area contributed by atoms with Gasteiger partial charge in [-0.05, 0) is 36.8 Å². The fraction of sp³-hybridized carbons (Fsp3) is 0.440.